The van der Waals surface area contributed by atoms with Crippen LogP contribution in [-0.4, -0.2) is 54.3 Å². The highest BCUT2D eigenvalue weighted by atomic mass is 19.4. The maximum Gasteiger partial charge on any atom is 0.460 e. The number of hydrogen-bond acceptors (Lipinski definition) is 2. The van der Waals surface area contributed by atoms with Gasteiger partial charge in [-0.1, -0.05) is 0 Å². The van der Waals surface area contributed by atoms with Gasteiger partial charge in [-0.05, 0) is 13.8 Å². The molecule has 0 aromatic rings. The first-order chi connectivity index (χ1) is 11.2. The summed E-state index contributed by atoms with van der Waals surface area (Å²) >= 11 is 0. The Hall–Kier alpha value is -0.990. The Morgan fingerprint density at radius 2 is 1.08 bits per heavy atom. The van der Waals surface area contributed by atoms with Gasteiger partial charge in [0.25, 0.3) is 5.79 Å². The third kappa shape index (κ3) is 2.56. The Morgan fingerprint density at radius 1 is 0.731 bits per heavy atom. The highest BCUT2D eigenvalue weighted by Crippen LogP contribution is 2.65. The van der Waals surface area contributed by atoms with E-state index in [0.29, 0.717) is 6.92 Å². The molecule has 156 valence electrons. The third-order valence-electron chi connectivity index (χ3n) is 3.56. The average molecular weight is 420 g/mol. The number of rotatable bonds is 7. The smallest absolute Gasteiger partial charge is 0.343 e. The zero-order valence-electron chi connectivity index (χ0n) is 12.5. The van der Waals surface area contributed by atoms with Crippen molar-refractivity contribution in [1.82, 2.24) is 0 Å². The lowest BCUT2D eigenvalue weighted by Crippen LogP contribution is -2.72. The molecule has 0 aromatic heterocycles. The molecule has 2 nitrogen and oxygen atoms in total. The minimum Gasteiger partial charge on any atom is -0.343 e. The van der Waals surface area contributed by atoms with Crippen LogP contribution in [0.5, 0.6) is 0 Å². The summed E-state index contributed by atoms with van der Waals surface area (Å²) in [5.74, 6) is -41.3. The molecule has 1 saturated heterocycles. The SMILES string of the molecule is CCOC1(C(F)(F)C(F)(F)C(F)(F)C(F)(F)C(F)(F)C(F)(F)F)OC1C. The van der Waals surface area contributed by atoms with E-state index in [1.165, 1.54) is 0 Å². The maximum atomic E-state index is 13.9. The van der Waals surface area contributed by atoms with Crippen LogP contribution >= 0.6 is 0 Å². The molecule has 0 aromatic carbocycles. The van der Waals surface area contributed by atoms with E-state index in [-0.39, 0.29) is 0 Å². The van der Waals surface area contributed by atoms with E-state index >= 15 is 0 Å². The molecule has 2 unspecified atom stereocenters. The van der Waals surface area contributed by atoms with Gasteiger partial charge in [0.2, 0.25) is 0 Å². The van der Waals surface area contributed by atoms with Gasteiger partial charge in [0.15, 0.2) is 0 Å². The van der Waals surface area contributed by atoms with E-state index in [2.05, 4.69) is 9.47 Å². The minimum absolute atomic E-state index is 0.570. The minimum atomic E-state index is -7.93. The second-order valence-electron chi connectivity index (χ2n) is 5.23. The maximum absolute atomic E-state index is 13.9. The molecular formula is C11H9F13O2. The molecule has 0 saturated carbocycles. The number of hydrogen-bond donors (Lipinski definition) is 0. The lowest BCUT2D eigenvalue weighted by Gasteiger charge is -2.41. The van der Waals surface area contributed by atoms with Crippen molar-refractivity contribution in [3.05, 3.63) is 0 Å². The summed E-state index contributed by atoms with van der Waals surface area (Å²) in [7, 11) is 0. The zero-order valence-corrected chi connectivity index (χ0v) is 12.5. The van der Waals surface area contributed by atoms with Crippen molar-refractivity contribution in [2.75, 3.05) is 6.61 Å². The summed E-state index contributed by atoms with van der Waals surface area (Å²) in [6.45, 7) is 0.561. The normalized spacial score (nSPS) is 26.2. The topological polar surface area (TPSA) is 21.8 Å². The van der Waals surface area contributed by atoms with Crippen LogP contribution in [0.3, 0.4) is 0 Å². The highest BCUT2D eigenvalue weighted by Gasteiger charge is 2.95. The Labute approximate surface area is 136 Å². The number of epoxide rings is 1. The van der Waals surface area contributed by atoms with Crippen LogP contribution in [0.15, 0.2) is 0 Å². The summed E-state index contributed by atoms with van der Waals surface area (Å²) in [6.07, 6.45) is -9.51. The fraction of sp³-hybridized carbons (Fsp3) is 1.00. The van der Waals surface area contributed by atoms with Crippen LogP contribution in [0.1, 0.15) is 13.8 Å². The number of halogens is 13. The van der Waals surface area contributed by atoms with Gasteiger partial charge < -0.3 is 9.47 Å². The van der Waals surface area contributed by atoms with E-state index in [4.69, 9.17) is 0 Å². The van der Waals surface area contributed by atoms with E-state index < -0.39 is 54.3 Å². The monoisotopic (exact) mass is 420 g/mol. The Kier molecular flexibility index (Phi) is 5.10. The van der Waals surface area contributed by atoms with Gasteiger partial charge in [-0.3, -0.25) is 0 Å². The Morgan fingerprint density at radius 3 is 1.35 bits per heavy atom. The zero-order chi connectivity index (χ0) is 21.2. The van der Waals surface area contributed by atoms with Crippen LogP contribution in [-0.2, 0) is 9.47 Å². The standard InChI is InChI=1S/C11H9F13O2/c1-3-25-5(4(2)26-5)6(12,13)7(14,15)8(16,17)9(18,19)10(20,21)11(22,23)24/h4H,3H2,1-2H3. The molecule has 0 aliphatic carbocycles. The van der Waals surface area contributed by atoms with Crippen molar-refractivity contribution >= 4 is 0 Å². The van der Waals surface area contributed by atoms with E-state index in [1.807, 2.05) is 0 Å². The van der Waals surface area contributed by atoms with Gasteiger partial charge in [-0.25, -0.2) is 0 Å². The van der Waals surface area contributed by atoms with Gasteiger partial charge >= 0.3 is 35.8 Å². The third-order valence-corrected chi connectivity index (χ3v) is 3.56. The second-order valence-corrected chi connectivity index (χ2v) is 5.23. The second kappa shape index (κ2) is 5.75. The molecule has 1 aliphatic heterocycles. The highest BCUT2D eigenvalue weighted by molar-refractivity contribution is 5.17. The molecule has 0 bridgehead atoms. The lowest BCUT2D eigenvalue weighted by molar-refractivity contribution is -0.449. The Bertz CT molecular complexity index is 541. The first kappa shape index (κ1) is 23.0. The molecule has 1 heterocycles. The molecule has 0 N–H and O–H groups in total. The molecule has 1 fully saturated rings. The van der Waals surface area contributed by atoms with Crippen LogP contribution in [0, 0.1) is 0 Å². The van der Waals surface area contributed by atoms with Crippen molar-refractivity contribution in [3.8, 4) is 0 Å². The van der Waals surface area contributed by atoms with E-state index in [1.54, 1.807) is 0 Å². The van der Waals surface area contributed by atoms with Gasteiger partial charge in [0.1, 0.15) is 6.10 Å². The summed E-state index contributed by atoms with van der Waals surface area (Å²) in [4.78, 5) is 0. The Balaban J connectivity index is 3.50. The molecule has 0 amide bonds. The molecule has 2 atom stereocenters. The summed E-state index contributed by atoms with van der Waals surface area (Å²) in [5.41, 5.74) is 0. The first-order valence-electron chi connectivity index (χ1n) is 6.46. The van der Waals surface area contributed by atoms with Crippen molar-refractivity contribution in [2.24, 2.45) is 0 Å². The lowest BCUT2D eigenvalue weighted by atomic mass is 9.90. The summed E-state index contributed by atoms with van der Waals surface area (Å²) in [5, 5.41) is 0. The van der Waals surface area contributed by atoms with Gasteiger partial charge in [-0.15, -0.1) is 0 Å². The largest absolute Gasteiger partial charge is 0.460 e. The van der Waals surface area contributed by atoms with Crippen LogP contribution in [0.4, 0.5) is 57.1 Å². The van der Waals surface area contributed by atoms with Crippen molar-refractivity contribution in [3.63, 3.8) is 0 Å². The first-order valence-corrected chi connectivity index (χ1v) is 6.46. The molecule has 0 radical (unpaired) electrons. The predicted octanol–water partition coefficient (Wildman–Crippen LogP) is 4.88. The predicted molar refractivity (Wildman–Crippen MR) is 55.7 cm³/mol. The quantitative estimate of drug-likeness (QED) is 0.433. The fourth-order valence-corrected chi connectivity index (χ4v) is 2.00. The number of ether oxygens (including phenoxy) is 2. The van der Waals surface area contributed by atoms with Gasteiger partial charge in [0.05, 0.1) is 0 Å². The molecule has 1 aliphatic rings. The average Bonchev–Trinajstić information content (AvgIpc) is 3.09. The molecule has 1 rings (SSSR count). The van der Waals surface area contributed by atoms with Crippen LogP contribution in [0.25, 0.3) is 0 Å². The van der Waals surface area contributed by atoms with Crippen LogP contribution < -0.4 is 0 Å². The van der Waals surface area contributed by atoms with Gasteiger partial charge in [0, 0.05) is 6.61 Å². The fourth-order valence-electron chi connectivity index (χ4n) is 2.00. The summed E-state index contributed by atoms with van der Waals surface area (Å²) < 4.78 is 177. The molecule has 15 heteroatoms. The van der Waals surface area contributed by atoms with Crippen molar-refractivity contribution < 1.29 is 66.5 Å². The van der Waals surface area contributed by atoms with E-state index in [9.17, 15) is 57.1 Å². The van der Waals surface area contributed by atoms with Crippen LogP contribution in [0.2, 0.25) is 0 Å². The van der Waals surface area contributed by atoms with Gasteiger partial charge in [-0.2, -0.15) is 57.1 Å². The number of alkyl halides is 13. The molecule has 26 heavy (non-hydrogen) atoms. The van der Waals surface area contributed by atoms with Crippen molar-refractivity contribution in [2.45, 2.75) is 61.5 Å². The van der Waals surface area contributed by atoms with Crippen molar-refractivity contribution in [1.29, 1.82) is 0 Å². The molecule has 0 spiro atoms. The van der Waals surface area contributed by atoms with E-state index in [0.717, 1.165) is 6.92 Å². The molecular weight excluding hydrogens is 411 g/mol. The summed E-state index contributed by atoms with van der Waals surface area (Å²) in [6, 6.07) is 0.